The van der Waals surface area contributed by atoms with E-state index in [9.17, 15) is 9.90 Å². The average molecular weight is 251 g/mol. The summed E-state index contributed by atoms with van der Waals surface area (Å²) >= 11 is 0. The molecule has 1 aliphatic rings. The Morgan fingerprint density at radius 1 is 1.44 bits per heavy atom. The van der Waals surface area contributed by atoms with Crippen molar-refractivity contribution in [2.75, 3.05) is 6.54 Å². The minimum absolute atomic E-state index is 0. The number of carbonyl (C=O) groups excluding carboxylic acids is 1. The summed E-state index contributed by atoms with van der Waals surface area (Å²) in [4.78, 5) is 11.2. The second kappa shape index (κ2) is 7.87. The van der Waals surface area contributed by atoms with Gasteiger partial charge in [-0.15, -0.1) is 12.4 Å². The van der Waals surface area contributed by atoms with Crippen LogP contribution < -0.4 is 11.1 Å². The first kappa shape index (κ1) is 15.7. The quantitative estimate of drug-likeness (QED) is 0.691. The lowest BCUT2D eigenvalue weighted by Gasteiger charge is -2.26. The van der Waals surface area contributed by atoms with Gasteiger partial charge in [-0.2, -0.15) is 0 Å². The lowest BCUT2D eigenvalue weighted by Crippen LogP contribution is -2.43. The Morgan fingerprint density at radius 3 is 2.50 bits per heavy atom. The first-order valence-corrected chi connectivity index (χ1v) is 5.82. The fraction of sp³-hybridized carbons (Fsp3) is 0.909. The van der Waals surface area contributed by atoms with Crippen LogP contribution in [0.1, 0.15) is 39.0 Å². The van der Waals surface area contributed by atoms with Crippen LogP contribution >= 0.6 is 12.4 Å². The summed E-state index contributed by atoms with van der Waals surface area (Å²) in [6, 6.07) is -0.497. The Hall–Kier alpha value is -0.320. The maximum absolute atomic E-state index is 11.2. The molecule has 4 nitrogen and oxygen atoms in total. The smallest absolute Gasteiger partial charge is 0.236 e. The van der Waals surface area contributed by atoms with Gasteiger partial charge in [-0.05, 0) is 25.7 Å². The molecule has 0 heterocycles. The molecule has 0 aromatic rings. The van der Waals surface area contributed by atoms with Crippen LogP contribution in [0.15, 0.2) is 0 Å². The number of nitrogens with one attached hydrogen (secondary N) is 1. The zero-order valence-corrected chi connectivity index (χ0v) is 10.6. The second-order valence-corrected chi connectivity index (χ2v) is 4.50. The Bertz CT molecular complexity index is 206. The fourth-order valence-electron chi connectivity index (χ4n) is 2.05. The van der Waals surface area contributed by atoms with Crippen LogP contribution in [0.4, 0.5) is 0 Å². The topological polar surface area (TPSA) is 75.4 Å². The van der Waals surface area contributed by atoms with E-state index in [4.69, 9.17) is 5.73 Å². The summed E-state index contributed by atoms with van der Waals surface area (Å²) < 4.78 is 0. The third-order valence-corrected chi connectivity index (χ3v) is 3.09. The van der Waals surface area contributed by atoms with Gasteiger partial charge in [0.05, 0.1) is 12.1 Å². The molecule has 1 amide bonds. The van der Waals surface area contributed by atoms with E-state index in [0.717, 1.165) is 12.8 Å². The number of aliphatic hydroxyl groups is 1. The van der Waals surface area contributed by atoms with Crippen molar-refractivity contribution in [2.24, 2.45) is 11.7 Å². The summed E-state index contributed by atoms with van der Waals surface area (Å²) in [6.07, 6.45) is 5.42. The number of rotatable bonds is 4. The average Bonchev–Trinajstić information content (AvgIpc) is 2.26. The molecule has 1 saturated carbocycles. The number of hydrogen-bond donors (Lipinski definition) is 3. The Morgan fingerprint density at radius 2 is 2.00 bits per heavy atom. The summed E-state index contributed by atoms with van der Waals surface area (Å²) in [5, 5.41) is 12.5. The Kier molecular flexibility index (Phi) is 7.72. The van der Waals surface area contributed by atoms with Crippen molar-refractivity contribution in [1.82, 2.24) is 5.32 Å². The van der Waals surface area contributed by atoms with Crippen LogP contribution in [-0.4, -0.2) is 29.7 Å². The SMILES string of the molecule is C[C@H](N)C(=O)NCC(O)C1CCCCC1.Cl. The molecule has 1 aliphatic carbocycles. The number of carbonyl (C=O) groups is 1. The van der Waals surface area contributed by atoms with E-state index in [0.29, 0.717) is 12.5 Å². The highest BCUT2D eigenvalue weighted by molar-refractivity contribution is 5.85. The van der Waals surface area contributed by atoms with E-state index in [-0.39, 0.29) is 18.3 Å². The maximum atomic E-state index is 11.2. The molecule has 0 aliphatic heterocycles. The minimum Gasteiger partial charge on any atom is -0.391 e. The van der Waals surface area contributed by atoms with Crippen LogP contribution in [0.5, 0.6) is 0 Å². The molecular formula is C11H23ClN2O2. The van der Waals surface area contributed by atoms with Crippen LogP contribution in [0.25, 0.3) is 0 Å². The lowest BCUT2D eigenvalue weighted by atomic mass is 9.85. The van der Waals surface area contributed by atoms with Gasteiger partial charge in [0, 0.05) is 6.54 Å². The van der Waals surface area contributed by atoms with Crippen LogP contribution in [0.2, 0.25) is 0 Å². The van der Waals surface area contributed by atoms with Gasteiger partial charge in [0.1, 0.15) is 0 Å². The number of nitrogens with two attached hydrogens (primary N) is 1. The standard InChI is InChI=1S/C11H22N2O2.ClH/c1-8(12)11(15)13-7-10(14)9-5-3-2-4-6-9;/h8-10,14H,2-7,12H2,1H3,(H,13,15);1H/t8-,10?;/m0./s1. The van der Waals surface area contributed by atoms with Crippen LogP contribution in [-0.2, 0) is 4.79 Å². The van der Waals surface area contributed by atoms with Crippen molar-refractivity contribution in [2.45, 2.75) is 51.2 Å². The second-order valence-electron chi connectivity index (χ2n) is 4.50. The predicted molar refractivity (Wildman–Crippen MR) is 66.5 cm³/mol. The van der Waals surface area contributed by atoms with Crippen molar-refractivity contribution in [1.29, 1.82) is 0 Å². The van der Waals surface area contributed by atoms with Crippen molar-refractivity contribution >= 4 is 18.3 Å². The van der Waals surface area contributed by atoms with Crippen molar-refractivity contribution in [3.63, 3.8) is 0 Å². The third kappa shape index (κ3) is 5.14. The third-order valence-electron chi connectivity index (χ3n) is 3.09. The molecule has 5 heteroatoms. The molecule has 0 aromatic heterocycles. The predicted octanol–water partition coefficient (Wildman–Crippen LogP) is 0.813. The van der Waals surface area contributed by atoms with E-state index < -0.39 is 12.1 Å². The number of halogens is 1. The highest BCUT2D eigenvalue weighted by Crippen LogP contribution is 2.26. The highest BCUT2D eigenvalue weighted by Gasteiger charge is 2.22. The molecule has 0 aromatic carbocycles. The number of amides is 1. The Balaban J connectivity index is 0.00000225. The van der Waals surface area contributed by atoms with E-state index >= 15 is 0 Å². The zero-order chi connectivity index (χ0) is 11.3. The van der Waals surface area contributed by atoms with Gasteiger partial charge in [0.25, 0.3) is 0 Å². The number of aliphatic hydroxyl groups excluding tert-OH is 1. The molecule has 1 rings (SSSR count). The zero-order valence-electron chi connectivity index (χ0n) is 9.82. The molecule has 1 fully saturated rings. The molecule has 2 atom stereocenters. The van der Waals surface area contributed by atoms with E-state index in [2.05, 4.69) is 5.32 Å². The van der Waals surface area contributed by atoms with Gasteiger partial charge in [-0.1, -0.05) is 19.3 Å². The van der Waals surface area contributed by atoms with Gasteiger partial charge in [0.2, 0.25) is 5.91 Å². The van der Waals surface area contributed by atoms with E-state index in [1.165, 1.54) is 19.3 Å². The highest BCUT2D eigenvalue weighted by atomic mass is 35.5. The van der Waals surface area contributed by atoms with Crippen molar-refractivity contribution < 1.29 is 9.90 Å². The largest absolute Gasteiger partial charge is 0.391 e. The maximum Gasteiger partial charge on any atom is 0.236 e. The van der Waals surface area contributed by atoms with E-state index in [1.807, 2.05) is 0 Å². The van der Waals surface area contributed by atoms with Crippen molar-refractivity contribution in [3.05, 3.63) is 0 Å². The molecule has 96 valence electrons. The van der Waals surface area contributed by atoms with Gasteiger partial charge in [-0.25, -0.2) is 0 Å². The molecule has 1 unspecified atom stereocenters. The molecule has 0 spiro atoms. The van der Waals surface area contributed by atoms with Gasteiger partial charge < -0.3 is 16.2 Å². The fourth-order valence-corrected chi connectivity index (χ4v) is 2.05. The summed E-state index contributed by atoms with van der Waals surface area (Å²) in [5.41, 5.74) is 5.41. The van der Waals surface area contributed by atoms with Gasteiger partial charge in [0.15, 0.2) is 0 Å². The molecule has 0 bridgehead atoms. The molecule has 4 N–H and O–H groups in total. The van der Waals surface area contributed by atoms with Crippen molar-refractivity contribution in [3.8, 4) is 0 Å². The summed E-state index contributed by atoms with van der Waals surface area (Å²) in [6.45, 7) is 1.98. The first-order valence-electron chi connectivity index (χ1n) is 5.82. The minimum atomic E-state index is -0.497. The number of hydrogen-bond acceptors (Lipinski definition) is 3. The molecular weight excluding hydrogens is 228 g/mol. The monoisotopic (exact) mass is 250 g/mol. The summed E-state index contributed by atoms with van der Waals surface area (Å²) in [7, 11) is 0. The summed E-state index contributed by atoms with van der Waals surface area (Å²) in [5.74, 6) is 0.164. The van der Waals surface area contributed by atoms with Gasteiger partial charge in [-0.3, -0.25) is 4.79 Å². The normalized spacial score (nSPS) is 20.7. The van der Waals surface area contributed by atoms with Crippen LogP contribution in [0, 0.1) is 5.92 Å². The van der Waals surface area contributed by atoms with Crippen LogP contribution in [0.3, 0.4) is 0 Å². The lowest BCUT2D eigenvalue weighted by molar-refractivity contribution is -0.122. The van der Waals surface area contributed by atoms with E-state index in [1.54, 1.807) is 6.92 Å². The molecule has 0 saturated heterocycles. The van der Waals surface area contributed by atoms with Gasteiger partial charge >= 0.3 is 0 Å². The molecule has 0 radical (unpaired) electrons. The Labute approximate surface area is 103 Å². The first-order chi connectivity index (χ1) is 7.11. The molecule has 16 heavy (non-hydrogen) atoms.